The largest absolute Gasteiger partial charge is 0.451 e. The minimum atomic E-state index is -3.32. The molecule has 1 unspecified atom stereocenters. The zero-order valence-electron chi connectivity index (χ0n) is 14.6. The summed E-state index contributed by atoms with van der Waals surface area (Å²) in [6.07, 6.45) is 2.37. The monoisotopic (exact) mass is 390 g/mol. The summed E-state index contributed by atoms with van der Waals surface area (Å²) in [6, 6.07) is 9.21. The highest BCUT2D eigenvalue weighted by atomic mass is 32.2. The van der Waals surface area contributed by atoms with Crippen LogP contribution in [0.4, 0.5) is 6.01 Å². The van der Waals surface area contributed by atoms with Gasteiger partial charge in [0.15, 0.2) is 5.76 Å². The topological polar surface area (TPSA) is 119 Å². The van der Waals surface area contributed by atoms with Crippen LogP contribution in [0.25, 0.3) is 22.6 Å². The van der Waals surface area contributed by atoms with Crippen molar-refractivity contribution in [1.29, 1.82) is 0 Å². The Labute approximate surface area is 155 Å². The zero-order chi connectivity index (χ0) is 19.0. The van der Waals surface area contributed by atoms with Crippen LogP contribution < -0.4 is 5.32 Å². The number of piperidine rings is 1. The van der Waals surface area contributed by atoms with Crippen molar-refractivity contribution < 1.29 is 22.0 Å². The van der Waals surface area contributed by atoms with Gasteiger partial charge in [-0.15, -0.1) is 5.10 Å². The first kappa shape index (κ1) is 17.7. The summed E-state index contributed by atoms with van der Waals surface area (Å²) in [5, 5.41) is 11.2. The van der Waals surface area contributed by atoms with Gasteiger partial charge in [-0.1, -0.05) is 23.3 Å². The molecule has 1 amide bonds. The predicted molar refractivity (Wildman–Crippen MR) is 97.3 cm³/mol. The average molecular weight is 390 g/mol. The van der Waals surface area contributed by atoms with E-state index in [0.29, 0.717) is 30.7 Å². The van der Waals surface area contributed by atoms with Crippen molar-refractivity contribution in [1.82, 2.24) is 14.5 Å². The van der Waals surface area contributed by atoms with E-state index in [1.54, 1.807) is 6.07 Å². The SMILES string of the molecule is CS(=O)(=O)N1CCCC(C(=O)Nc2nnc(-c3cc4ccccc4o3)o2)C1. The number of rotatable bonds is 4. The van der Waals surface area contributed by atoms with Gasteiger partial charge < -0.3 is 8.83 Å². The molecule has 1 aliphatic heterocycles. The van der Waals surface area contributed by atoms with Gasteiger partial charge in [-0.3, -0.25) is 10.1 Å². The molecule has 1 saturated heterocycles. The van der Waals surface area contributed by atoms with E-state index in [-0.39, 0.29) is 24.4 Å². The molecule has 0 radical (unpaired) electrons. The smallest absolute Gasteiger partial charge is 0.322 e. The van der Waals surface area contributed by atoms with Crippen LogP contribution >= 0.6 is 0 Å². The second kappa shape index (κ2) is 6.78. The number of anilines is 1. The van der Waals surface area contributed by atoms with Gasteiger partial charge in [-0.2, -0.15) is 0 Å². The van der Waals surface area contributed by atoms with E-state index >= 15 is 0 Å². The van der Waals surface area contributed by atoms with Crippen LogP contribution in [0.3, 0.4) is 0 Å². The Hall–Kier alpha value is -2.72. The first-order chi connectivity index (χ1) is 12.9. The molecule has 0 bridgehead atoms. The number of nitrogens with one attached hydrogen (secondary N) is 1. The number of sulfonamides is 1. The minimum Gasteiger partial charge on any atom is -0.451 e. The van der Waals surface area contributed by atoms with Gasteiger partial charge in [0.2, 0.25) is 15.9 Å². The van der Waals surface area contributed by atoms with Crippen molar-refractivity contribution in [3.63, 3.8) is 0 Å². The van der Waals surface area contributed by atoms with Crippen LogP contribution in [-0.2, 0) is 14.8 Å². The number of amides is 1. The summed E-state index contributed by atoms with van der Waals surface area (Å²) < 4.78 is 35.8. The maximum Gasteiger partial charge on any atom is 0.322 e. The first-order valence-corrected chi connectivity index (χ1v) is 10.3. The van der Waals surface area contributed by atoms with Gasteiger partial charge in [-0.05, 0) is 25.0 Å². The van der Waals surface area contributed by atoms with Crippen LogP contribution in [0.2, 0.25) is 0 Å². The van der Waals surface area contributed by atoms with Crippen molar-refractivity contribution >= 4 is 32.9 Å². The molecule has 1 fully saturated rings. The Morgan fingerprint density at radius 2 is 2.07 bits per heavy atom. The second-order valence-electron chi connectivity index (χ2n) is 6.51. The van der Waals surface area contributed by atoms with Gasteiger partial charge in [0, 0.05) is 18.5 Å². The van der Waals surface area contributed by atoms with Crippen LogP contribution in [0.1, 0.15) is 12.8 Å². The van der Waals surface area contributed by atoms with E-state index in [0.717, 1.165) is 11.6 Å². The van der Waals surface area contributed by atoms with Crippen LogP contribution in [0.5, 0.6) is 0 Å². The standard InChI is InChI=1S/C17H18N4O5S/c1-27(23,24)21-8-4-6-12(10-21)15(22)18-17-20-19-16(26-17)14-9-11-5-2-3-7-13(11)25-14/h2-3,5,7,9,12H,4,6,8,10H2,1H3,(H,18,20,22). The molecule has 4 rings (SSSR count). The van der Waals surface area contributed by atoms with Gasteiger partial charge in [0.25, 0.3) is 5.89 Å². The van der Waals surface area contributed by atoms with Gasteiger partial charge in [0.05, 0.1) is 12.2 Å². The molecule has 0 saturated carbocycles. The van der Waals surface area contributed by atoms with Crippen LogP contribution in [0, 0.1) is 5.92 Å². The number of aromatic nitrogens is 2. The number of furan rings is 1. The Bertz CT molecular complexity index is 1050. The molecule has 142 valence electrons. The molecule has 3 aromatic rings. The van der Waals surface area contributed by atoms with Crippen molar-refractivity contribution in [3.8, 4) is 11.7 Å². The van der Waals surface area contributed by atoms with E-state index in [4.69, 9.17) is 8.83 Å². The molecule has 10 heteroatoms. The number of carbonyl (C=O) groups is 1. The fourth-order valence-corrected chi connectivity index (χ4v) is 4.04. The molecule has 1 aliphatic rings. The third-order valence-electron chi connectivity index (χ3n) is 4.52. The van der Waals surface area contributed by atoms with E-state index < -0.39 is 15.9 Å². The number of fused-ring (bicyclic) bond motifs is 1. The fourth-order valence-electron chi connectivity index (χ4n) is 3.13. The normalized spacial score (nSPS) is 18.6. The lowest BCUT2D eigenvalue weighted by Gasteiger charge is -2.29. The number of hydrogen-bond acceptors (Lipinski definition) is 7. The van der Waals surface area contributed by atoms with Crippen molar-refractivity contribution in [2.75, 3.05) is 24.7 Å². The number of carbonyl (C=O) groups excluding carboxylic acids is 1. The highest BCUT2D eigenvalue weighted by Crippen LogP contribution is 2.28. The van der Waals surface area contributed by atoms with E-state index in [1.807, 2.05) is 24.3 Å². The van der Waals surface area contributed by atoms with Crippen LogP contribution in [0.15, 0.2) is 39.2 Å². The number of para-hydroxylation sites is 1. The summed E-state index contributed by atoms with van der Waals surface area (Å²) in [7, 11) is -3.32. The van der Waals surface area contributed by atoms with Crippen molar-refractivity contribution in [2.24, 2.45) is 5.92 Å². The summed E-state index contributed by atoms with van der Waals surface area (Å²) in [5.74, 6) is -0.244. The predicted octanol–water partition coefficient (Wildman–Crippen LogP) is 2.09. The molecule has 1 atom stereocenters. The third-order valence-corrected chi connectivity index (χ3v) is 5.79. The molecule has 3 heterocycles. The summed E-state index contributed by atoms with van der Waals surface area (Å²) in [5.41, 5.74) is 0.694. The van der Waals surface area contributed by atoms with Crippen molar-refractivity contribution in [3.05, 3.63) is 30.3 Å². The molecule has 1 aromatic carbocycles. The second-order valence-corrected chi connectivity index (χ2v) is 8.49. The zero-order valence-corrected chi connectivity index (χ0v) is 15.4. The number of benzene rings is 1. The average Bonchev–Trinajstić information content (AvgIpc) is 3.27. The summed E-state index contributed by atoms with van der Waals surface area (Å²) in [4.78, 5) is 12.4. The molecular formula is C17H18N4O5S. The third kappa shape index (κ3) is 3.71. The molecular weight excluding hydrogens is 372 g/mol. The van der Waals surface area contributed by atoms with E-state index in [2.05, 4.69) is 15.5 Å². The van der Waals surface area contributed by atoms with E-state index in [1.165, 1.54) is 4.31 Å². The summed E-state index contributed by atoms with van der Waals surface area (Å²) in [6.45, 7) is 0.578. The highest BCUT2D eigenvalue weighted by molar-refractivity contribution is 7.88. The fraction of sp³-hybridized carbons (Fsp3) is 0.353. The Kier molecular flexibility index (Phi) is 4.44. The Morgan fingerprint density at radius 1 is 1.26 bits per heavy atom. The molecule has 9 nitrogen and oxygen atoms in total. The molecule has 0 spiro atoms. The molecule has 0 aliphatic carbocycles. The first-order valence-electron chi connectivity index (χ1n) is 8.48. The van der Waals surface area contributed by atoms with Gasteiger partial charge >= 0.3 is 6.01 Å². The van der Waals surface area contributed by atoms with E-state index in [9.17, 15) is 13.2 Å². The maximum absolute atomic E-state index is 12.4. The van der Waals surface area contributed by atoms with Gasteiger partial charge in [-0.25, -0.2) is 12.7 Å². The maximum atomic E-state index is 12.4. The molecule has 1 N–H and O–H groups in total. The van der Waals surface area contributed by atoms with Crippen LogP contribution in [-0.4, -0.2) is 48.2 Å². The Morgan fingerprint density at radius 3 is 2.85 bits per heavy atom. The minimum absolute atomic E-state index is 0.0491. The lowest BCUT2D eigenvalue weighted by atomic mass is 9.99. The lowest BCUT2D eigenvalue weighted by molar-refractivity contribution is -0.121. The number of nitrogens with zero attached hydrogens (tertiary/aromatic N) is 3. The number of hydrogen-bond donors (Lipinski definition) is 1. The van der Waals surface area contributed by atoms with Crippen molar-refractivity contribution in [2.45, 2.75) is 12.8 Å². The lowest BCUT2D eigenvalue weighted by Crippen LogP contribution is -2.43. The van der Waals surface area contributed by atoms with Gasteiger partial charge in [0.1, 0.15) is 5.58 Å². The highest BCUT2D eigenvalue weighted by Gasteiger charge is 2.31. The quantitative estimate of drug-likeness (QED) is 0.724. The molecule has 27 heavy (non-hydrogen) atoms. The Balaban J connectivity index is 1.46. The summed E-state index contributed by atoms with van der Waals surface area (Å²) >= 11 is 0. The molecule has 2 aromatic heterocycles.